The van der Waals surface area contributed by atoms with E-state index in [2.05, 4.69) is 24.1 Å². The number of benzene rings is 2. The second kappa shape index (κ2) is 5.94. The van der Waals surface area contributed by atoms with Crippen molar-refractivity contribution in [3.05, 3.63) is 60.7 Å². The van der Waals surface area contributed by atoms with Crippen molar-refractivity contribution in [2.75, 3.05) is 25.1 Å². The fourth-order valence-electron chi connectivity index (χ4n) is 1.63. The molecule has 0 spiro atoms. The van der Waals surface area contributed by atoms with E-state index in [0.717, 1.165) is 12.3 Å². The maximum Gasteiger partial charge on any atom is 0.119 e. The van der Waals surface area contributed by atoms with E-state index in [1.54, 1.807) is 0 Å². The van der Waals surface area contributed by atoms with Crippen molar-refractivity contribution in [2.45, 2.75) is 0 Å². The molecule has 2 nitrogen and oxygen atoms in total. The van der Waals surface area contributed by atoms with Gasteiger partial charge in [-0.15, -0.1) is 0 Å². The summed E-state index contributed by atoms with van der Waals surface area (Å²) in [6, 6.07) is 20.2. The van der Waals surface area contributed by atoms with E-state index in [9.17, 15) is 0 Å². The average Bonchev–Trinajstić information content (AvgIpc) is 2.41. The van der Waals surface area contributed by atoms with Gasteiger partial charge in [-0.05, 0) is 24.3 Å². The molecule has 2 aromatic rings. The van der Waals surface area contributed by atoms with Crippen molar-refractivity contribution in [2.24, 2.45) is 0 Å². The number of likely N-dealkylation sites (N-methyl/N-ethyl adjacent to an activating group) is 1. The normalized spacial score (nSPS) is 9.94. The first-order valence-electron chi connectivity index (χ1n) is 5.80. The van der Waals surface area contributed by atoms with Crippen LogP contribution >= 0.6 is 0 Å². The van der Waals surface area contributed by atoms with Crippen LogP contribution in [0.25, 0.3) is 0 Å². The second-order valence-electron chi connectivity index (χ2n) is 3.92. The minimum absolute atomic E-state index is 0.690. The van der Waals surface area contributed by atoms with Crippen molar-refractivity contribution in [3.8, 4) is 5.75 Å². The number of para-hydroxylation sites is 2. The topological polar surface area (TPSA) is 12.5 Å². The van der Waals surface area contributed by atoms with E-state index in [4.69, 9.17) is 4.74 Å². The summed E-state index contributed by atoms with van der Waals surface area (Å²) in [7, 11) is 2.07. The van der Waals surface area contributed by atoms with Crippen molar-refractivity contribution >= 4 is 5.69 Å². The first-order chi connectivity index (χ1) is 8.36. The quantitative estimate of drug-likeness (QED) is 0.777. The van der Waals surface area contributed by atoms with E-state index >= 15 is 0 Å². The van der Waals surface area contributed by atoms with E-state index in [1.165, 1.54) is 5.69 Å². The van der Waals surface area contributed by atoms with Crippen molar-refractivity contribution < 1.29 is 4.74 Å². The lowest BCUT2D eigenvalue weighted by atomic mass is 10.3. The Labute approximate surface area is 102 Å². The number of hydrogen-bond donors (Lipinski definition) is 0. The van der Waals surface area contributed by atoms with Crippen LogP contribution in [-0.4, -0.2) is 20.2 Å². The van der Waals surface area contributed by atoms with E-state index in [0.29, 0.717) is 6.61 Å². The minimum atomic E-state index is 0.690. The Morgan fingerprint density at radius 3 is 2.12 bits per heavy atom. The summed E-state index contributed by atoms with van der Waals surface area (Å²) in [6.45, 7) is 1.56. The summed E-state index contributed by atoms with van der Waals surface area (Å²) in [5.74, 6) is 0.925. The van der Waals surface area contributed by atoms with E-state index < -0.39 is 0 Å². The Balaban J connectivity index is 1.79. The lowest BCUT2D eigenvalue weighted by molar-refractivity contribution is 0.326. The van der Waals surface area contributed by atoms with Gasteiger partial charge in [-0.25, -0.2) is 0 Å². The molecule has 0 saturated heterocycles. The molecule has 0 heterocycles. The van der Waals surface area contributed by atoms with Gasteiger partial charge >= 0.3 is 0 Å². The summed E-state index contributed by atoms with van der Waals surface area (Å²) >= 11 is 0. The third-order valence-corrected chi connectivity index (χ3v) is 2.64. The Kier molecular flexibility index (Phi) is 4.03. The number of hydrogen-bond acceptors (Lipinski definition) is 2. The smallest absolute Gasteiger partial charge is 0.119 e. The molecule has 2 rings (SSSR count). The molecule has 0 bridgehead atoms. The third-order valence-electron chi connectivity index (χ3n) is 2.64. The maximum atomic E-state index is 5.66. The van der Waals surface area contributed by atoms with Gasteiger partial charge in [0, 0.05) is 12.7 Å². The fraction of sp³-hybridized carbons (Fsp3) is 0.200. The summed E-state index contributed by atoms with van der Waals surface area (Å²) in [4.78, 5) is 2.18. The molecule has 88 valence electrons. The molecule has 0 aromatic heterocycles. The SMILES string of the molecule is CN(CCOc1ccccc1)c1ccccc1. The Hall–Kier alpha value is -1.96. The molecule has 0 aliphatic heterocycles. The molecule has 2 heteroatoms. The van der Waals surface area contributed by atoms with E-state index in [1.807, 2.05) is 48.5 Å². The highest BCUT2D eigenvalue weighted by molar-refractivity contribution is 5.44. The molecule has 2 aromatic carbocycles. The van der Waals surface area contributed by atoms with Crippen LogP contribution in [0.4, 0.5) is 5.69 Å². The van der Waals surface area contributed by atoms with Crippen molar-refractivity contribution in [3.63, 3.8) is 0 Å². The standard InChI is InChI=1S/C15H17NO/c1-16(14-8-4-2-5-9-14)12-13-17-15-10-6-3-7-11-15/h2-11H,12-13H2,1H3. The van der Waals surface area contributed by atoms with Gasteiger partial charge in [0.1, 0.15) is 12.4 Å². The highest BCUT2D eigenvalue weighted by atomic mass is 16.5. The molecular formula is C15H17NO. The first-order valence-corrected chi connectivity index (χ1v) is 5.80. The molecule has 0 aliphatic carbocycles. The molecule has 0 aliphatic rings. The Bertz CT molecular complexity index is 427. The summed E-state index contributed by atoms with van der Waals surface area (Å²) in [5.41, 5.74) is 1.21. The van der Waals surface area contributed by atoms with Crippen LogP contribution in [0, 0.1) is 0 Å². The van der Waals surface area contributed by atoms with Gasteiger partial charge in [-0.2, -0.15) is 0 Å². The van der Waals surface area contributed by atoms with Gasteiger partial charge in [0.2, 0.25) is 0 Å². The van der Waals surface area contributed by atoms with Gasteiger partial charge in [0.15, 0.2) is 0 Å². The van der Waals surface area contributed by atoms with Crippen LogP contribution in [0.15, 0.2) is 60.7 Å². The van der Waals surface area contributed by atoms with Crippen molar-refractivity contribution in [1.82, 2.24) is 0 Å². The average molecular weight is 227 g/mol. The van der Waals surface area contributed by atoms with Gasteiger partial charge in [-0.1, -0.05) is 36.4 Å². The zero-order valence-electron chi connectivity index (χ0n) is 10.0. The Morgan fingerprint density at radius 2 is 1.47 bits per heavy atom. The molecule has 0 amide bonds. The molecular weight excluding hydrogens is 210 g/mol. The molecule has 0 saturated carbocycles. The van der Waals surface area contributed by atoms with Crippen LogP contribution in [-0.2, 0) is 0 Å². The number of ether oxygens (including phenoxy) is 1. The monoisotopic (exact) mass is 227 g/mol. The highest BCUT2D eigenvalue weighted by Crippen LogP contribution is 2.11. The van der Waals surface area contributed by atoms with Gasteiger partial charge < -0.3 is 9.64 Å². The molecule has 0 unspecified atom stereocenters. The maximum absolute atomic E-state index is 5.66. The van der Waals surface area contributed by atoms with Crippen LogP contribution in [0.5, 0.6) is 5.75 Å². The minimum Gasteiger partial charge on any atom is -0.492 e. The van der Waals surface area contributed by atoms with Crippen LogP contribution in [0.2, 0.25) is 0 Å². The molecule has 0 radical (unpaired) electrons. The molecule has 0 fully saturated rings. The predicted octanol–water partition coefficient (Wildman–Crippen LogP) is 3.20. The predicted molar refractivity (Wildman–Crippen MR) is 71.6 cm³/mol. The van der Waals surface area contributed by atoms with Gasteiger partial charge in [0.05, 0.1) is 6.54 Å². The zero-order chi connectivity index (χ0) is 11.9. The highest BCUT2D eigenvalue weighted by Gasteiger charge is 1.99. The van der Waals surface area contributed by atoms with Gasteiger partial charge in [0.25, 0.3) is 0 Å². The number of anilines is 1. The zero-order valence-corrected chi connectivity index (χ0v) is 10.0. The fourth-order valence-corrected chi connectivity index (χ4v) is 1.63. The number of rotatable bonds is 5. The summed E-state index contributed by atoms with van der Waals surface area (Å²) in [6.07, 6.45) is 0. The van der Waals surface area contributed by atoms with E-state index in [-0.39, 0.29) is 0 Å². The lowest BCUT2D eigenvalue weighted by Gasteiger charge is -2.19. The first kappa shape index (κ1) is 11.5. The Morgan fingerprint density at radius 1 is 0.882 bits per heavy atom. The summed E-state index contributed by atoms with van der Waals surface area (Å²) < 4.78 is 5.66. The summed E-state index contributed by atoms with van der Waals surface area (Å²) in [5, 5.41) is 0. The number of nitrogens with zero attached hydrogens (tertiary/aromatic N) is 1. The van der Waals surface area contributed by atoms with Crippen molar-refractivity contribution in [1.29, 1.82) is 0 Å². The van der Waals surface area contributed by atoms with Crippen LogP contribution < -0.4 is 9.64 Å². The lowest BCUT2D eigenvalue weighted by Crippen LogP contribution is -2.23. The molecule has 0 atom stereocenters. The molecule has 17 heavy (non-hydrogen) atoms. The van der Waals surface area contributed by atoms with Crippen LogP contribution in [0.1, 0.15) is 0 Å². The molecule has 0 N–H and O–H groups in total. The third kappa shape index (κ3) is 3.52. The van der Waals surface area contributed by atoms with Gasteiger partial charge in [-0.3, -0.25) is 0 Å². The largest absolute Gasteiger partial charge is 0.492 e. The van der Waals surface area contributed by atoms with Crippen LogP contribution in [0.3, 0.4) is 0 Å². The second-order valence-corrected chi connectivity index (χ2v) is 3.92.